The SMILES string of the molecule is CCN(CC)c1ccnc2ccc(C=C3SC(=N[C@H]4C[C@@H]4c4ccccc4)NC3=O)cc12. The molecule has 32 heavy (non-hydrogen) atoms. The second-order valence-corrected chi connectivity index (χ2v) is 9.13. The Morgan fingerprint density at radius 1 is 1.16 bits per heavy atom. The van der Waals surface area contributed by atoms with Gasteiger partial charge in [0.05, 0.1) is 16.5 Å². The summed E-state index contributed by atoms with van der Waals surface area (Å²) < 4.78 is 0. The molecule has 2 aromatic carbocycles. The van der Waals surface area contributed by atoms with E-state index in [4.69, 9.17) is 4.99 Å². The molecular formula is C26H26N4OS. The minimum atomic E-state index is -0.0825. The number of thioether (sulfide) groups is 1. The van der Waals surface area contributed by atoms with Crippen molar-refractivity contribution >= 4 is 45.5 Å². The van der Waals surface area contributed by atoms with Gasteiger partial charge in [-0.3, -0.25) is 14.8 Å². The molecule has 2 atom stereocenters. The average Bonchev–Trinajstić information content (AvgIpc) is 3.50. The van der Waals surface area contributed by atoms with Gasteiger partial charge >= 0.3 is 0 Å². The smallest absolute Gasteiger partial charge is 0.264 e. The maximum Gasteiger partial charge on any atom is 0.264 e. The highest BCUT2D eigenvalue weighted by molar-refractivity contribution is 8.18. The number of benzene rings is 2. The Kier molecular flexibility index (Phi) is 5.70. The van der Waals surface area contributed by atoms with Gasteiger partial charge in [0.2, 0.25) is 0 Å². The van der Waals surface area contributed by atoms with Crippen LogP contribution >= 0.6 is 11.8 Å². The number of amidine groups is 1. The van der Waals surface area contributed by atoms with Gasteiger partial charge in [-0.25, -0.2) is 0 Å². The predicted octanol–water partition coefficient (Wildman–Crippen LogP) is 5.20. The number of carbonyl (C=O) groups is 1. The number of anilines is 1. The van der Waals surface area contributed by atoms with Crippen molar-refractivity contribution in [2.75, 3.05) is 18.0 Å². The number of fused-ring (bicyclic) bond motifs is 1. The number of amides is 1. The Morgan fingerprint density at radius 3 is 2.75 bits per heavy atom. The summed E-state index contributed by atoms with van der Waals surface area (Å²) in [6.07, 6.45) is 4.84. The number of hydrogen-bond donors (Lipinski definition) is 1. The molecule has 1 saturated carbocycles. The van der Waals surface area contributed by atoms with E-state index in [2.05, 4.69) is 65.4 Å². The van der Waals surface area contributed by atoms with Gasteiger partial charge in [0.25, 0.3) is 5.91 Å². The predicted molar refractivity (Wildman–Crippen MR) is 134 cm³/mol. The Hall–Kier alpha value is -3.12. The van der Waals surface area contributed by atoms with E-state index in [-0.39, 0.29) is 11.9 Å². The van der Waals surface area contributed by atoms with Gasteiger partial charge in [-0.15, -0.1) is 0 Å². The van der Waals surface area contributed by atoms with Crippen molar-refractivity contribution in [3.8, 4) is 0 Å². The summed E-state index contributed by atoms with van der Waals surface area (Å²) in [5.74, 6) is 0.377. The molecule has 0 spiro atoms. The van der Waals surface area contributed by atoms with E-state index in [1.54, 1.807) is 0 Å². The van der Waals surface area contributed by atoms with Gasteiger partial charge in [0.15, 0.2) is 5.17 Å². The number of carbonyl (C=O) groups excluding carboxylic acids is 1. The molecule has 1 aromatic heterocycles. The van der Waals surface area contributed by atoms with E-state index in [9.17, 15) is 4.79 Å². The van der Waals surface area contributed by atoms with Gasteiger partial charge in [0, 0.05) is 36.3 Å². The molecule has 5 nitrogen and oxygen atoms in total. The zero-order valence-corrected chi connectivity index (χ0v) is 19.1. The molecule has 1 saturated heterocycles. The van der Waals surface area contributed by atoms with Gasteiger partial charge in [0.1, 0.15) is 0 Å². The molecular weight excluding hydrogens is 416 g/mol. The molecule has 1 aliphatic heterocycles. The van der Waals surface area contributed by atoms with Crippen LogP contribution in [0, 0.1) is 0 Å². The van der Waals surface area contributed by atoms with Crippen LogP contribution in [0.4, 0.5) is 5.69 Å². The van der Waals surface area contributed by atoms with Gasteiger partial charge in [-0.1, -0.05) is 36.4 Å². The number of pyridine rings is 1. The molecule has 0 bridgehead atoms. The molecule has 6 heteroatoms. The van der Waals surface area contributed by atoms with Crippen molar-refractivity contribution in [2.24, 2.45) is 4.99 Å². The maximum absolute atomic E-state index is 12.6. The largest absolute Gasteiger partial charge is 0.371 e. The highest BCUT2D eigenvalue weighted by Gasteiger charge is 2.39. The number of aliphatic imine (C=N–C) groups is 1. The Labute approximate surface area is 192 Å². The first-order valence-corrected chi connectivity index (χ1v) is 11.9. The van der Waals surface area contributed by atoms with Crippen LogP contribution in [0.3, 0.4) is 0 Å². The molecule has 1 amide bonds. The molecule has 2 fully saturated rings. The van der Waals surface area contributed by atoms with Gasteiger partial charge in [-0.2, -0.15) is 0 Å². The summed E-state index contributed by atoms with van der Waals surface area (Å²) in [7, 11) is 0. The fourth-order valence-corrected chi connectivity index (χ4v) is 5.13. The van der Waals surface area contributed by atoms with Crippen molar-refractivity contribution < 1.29 is 4.79 Å². The lowest BCUT2D eigenvalue weighted by atomic mass is 10.1. The van der Waals surface area contributed by atoms with E-state index in [0.29, 0.717) is 16.0 Å². The Balaban J connectivity index is 1.37. The Bertz CT molecular complexity index is 1220. The molecule has 0 radical (unpaired) electrons. The highest BCUT2D eigenvalue weighted by atomic mass is 32.2. The number of rotatable bonds is 6. The van der Waals surface area contributed by atoms with Crippen LogP contribution in [-0.4, -0.2) is 35.2 Å². The molecule has 5 rings (SSSR count). The van der Waals surface area contributed by atoms with Crippen molar-refractivity contribution in [1.29, 1.82) is 0 Å². The summed E-state index contributed by atoms with van der Waals surface area (Å²) in [5.41, 5.74) is 4.45. The number of nitrogens with zero attached hydrogens (tertiary/aromatic N) is 3. The molecule has 3 aromatic rings. The van der Waals surface area contributed by atoms with E-state index in [1.807, 2.05) is 30.5 Å². The molecule has 162 valence electrons. The summed E-state index contributed by atoms with van der Waals surface area (Å²) in [6.45, 7) is 6.18. The molecule has 1 N–H and O–H groups in total. The summed E-state index contributed by atoms with van der Waals surface area (Å²) in [6, 6.07) is 18.9. The third-order valence-corrected chi connectivity index (χ3v) is 6.99. The minimum absolute atomic E-state index is 0.0825. The van der Waals surface area contributed by atoms with Crippen molar-refractivity contribution in [3.63, 3.8) is 0 Å². The fourth-order valence-electron chi connectivity index (χ4n) is 4.25. The monoisotopic (exact) mass is 442 g/mol. The first kappa shape index (κ1) is 20.8. The zero-order valence-electron chi connectivity index (χ0n) is 18.3. The topological polar surface area (TPSA) is 57.6 Å². The second kappa shape index (κ2) is 8.79. The van der Waals surface area contributed by atoms with E-state index in [1.165, 1.54) is 23.0 Å². The number of nitrogens with one attached hydrogen (secondary N) is 1. The van der Waals surface area contributed by atoms with E-state index in [0.717, 1.165) is 36.0 Å². The average molecular weight is 443 g/mol. The summed E-state index contributed by atoms with van der Waals surface area (Å²) in [4.78, 5) is 24.9. The maximum atomic E-state index is 12.6. The summed E-state index contributed by atoms with van der Waals surface area (Å²) in [5, 5.41) is 4.75. The van der Waals surface area contributed by atoms with Crippen molar-refractivity contribution in [3.05, 3.63) is 76.8 Å². The lowest BCUT2D eigenvalue weighted by molar-refractivity contribution is -0.115. The molecule has 2 aliphatic rings. The standard InChI is InChI=1S/C26H26N4OS/c1-3-30(4-2)23-12-13-27-21-11-10-17(14-20(21)23)15-24-25(31)29-26(32-24)28-22-16-19(22)18-8-6-5-7-9-18/h5-15,19,22H,3-4,16H2,1-2H3,(H,28,29,31)/t19-,22+/m1/s1. The fraction of sp³-hybridized carbons (Fsp3) is 0.269. The number of aromatic nitrogens is 1. The van der Waals surface area contributed by atoms with Crippen LogP contribution < -0.4 is 10.2 Å². The first-order valence-electron chi connectivity index (χ1n) is 11.1. The van der Waals surface area contributed by atoms with Crippen LogP contribution in [0.15, 0.2) is 70.7 Å². The van der Waals surface area contributed by atoms with Crippen LogP contribution in [0.2, 0.25) is 0 Å². The lowest BCUT2D eigenvalue weighted by Gasteiger charge is -2.22. The van der Waals surface area contributed by atoms with Crippen LogP contribution in [-0.2, 0) is 4.79 Å². The normalized spacial score (nSPS) is 22.5. The molecule has 1 aliphatic carbocycles. The lowest BCUT2D eigenvalue weighted by Crippen LogP contribution is -2.22. The molecule has 0 unspecified atom stereocenters. The third kappa shape index (κ3) is 4.15. The van der Waals surface area contributed by atoms with Crippen LogP contribution in [0.5, 0.6) is 0 Å². The molecule has 2 heterocycles. The van der Waals surface area contributed by atoms with Crippen molar-refractivity contribution in [2.45, 2.75) is 32.2 Å². The third-order valence-electron chi connectivity index (χ3n) is 6.06. The van der Waals surface area contributed by atoms with Gasteiger partial charge in [-0.05, 0) is 67.4 Å². The zero-order chi connectivity index (χ0) is 22.1. The van der Waals surface area contributed by atoms with Crippen LogP contribution in [0.25, 0.3) is 17.0 Å². The first-order chi connectivity index (χ1) is 15.7. The quantitative estimate of drug-likeness (QED) is 0.533. The second-order valence-electron chi connectivity index (χ2n) is 8.10. The Morgan fingerprint density at radius 2 is 1.97 bits per heavy atom. The van der Waals surface area contributed by atoms with Crippen LogP contribution in [0.1, 0.15) is 37.3 Å². The van der Waals surface area contributed by atoms with E-state index < -0.39 is 0 Å². The van der Waals surface area contributed by atoms with E-state index >= 15 is 0 Å². The minimum Gasteiger partial charge on any atom is -0.371 e. The van der Waals surface area contributed by atoms with Crippen molar-refractivity contribution in [1.82, 2.24) is 10.3 Å². The highest BCUT2D eigenvalue weighted by Crippen LogP contribution is 2.44. The summed E-state index contributed by atoms with van der Waals surface area (Å²) >= 11 is 1.43. The van der Waals surface area contributed by atoms with Gasteiger partial charge < -0.3 is 10.2 Å². The number of hydrogen-bond acceptors (Lipinski definition) is 5.